The highest BCUT2D eigenvalue weighted by atomic mass is 16.5. The predicted molar refractivity (Wildman–Crippen MR) is 67.6 cm³/mol. The maximum absolute atomic E-state index is 11.3. The fourth-order valence-electron chi connectivity index (χ4n) is 1.68. The Labute approximate surface area is 104 Å². The highest BCUT2D eigenvalue weighted by Gasteiger charge is 2.23. The molecule has 17 heavy (non-hydrogen) atoms. The molecule has 0 aromatic carbocycles. The first kappa shape index (κ1) is 15.7. The molecule has 1 atom stereocenters. The second-order valence-corrected chi connectivity index (χ2v) is 4.09. The summed E-state index contributed by atoms with van der Waals surface area (Å²) in [6.45, 7) is 4.94. The van der Waals surface area contributed by atoms with Crippen LogP contribution in [0.15, 0.2) is 18.4 Å². The van der Waals surface area contributed by atoms with Gasteiger partial charge in [-0.1, -0.05) is 25.8 Å². The van der Waals surface area contributed by atoms with Gasteiger partial charge in [-0.05, 0) is 32.3 Å². The average molecular weight is 238 g/mol. The molecule has 0 fully saturated rings. The number of allylic oxidation sites excluding steroid dienone is 1. The van der Waals surface area contributed by atoms with Gasteiger partial charge in [0.25, 0.3) is 0 Å². The standard InChI is InChI=1S/C14H22O3/c1-4-5-6-7-8-9-10-11-13(12(2)15)14(16)17-3/h5,13H,1,6-11H2,2-3H3. The van der Waals surface area contributed by atoms with Crippen molar-refractivity contribution in [3.8, 4) is 0 Å². The molecule has 0 aromatic rings. The molecule has 0 rings (SSSR count). The molecule has 0 bridgehead atoms. The molecular weight excluding hydrogens is 216 g/mol. The number of unbranched alkanes of at least 4 members (excludes halogenated alkanes) is 4. The first-order valence-corrected chi connectivity index (χ1v) is 6.06. The Morgan fingerprint density at radius 1 is 1.29 bits per heavy atom. The largest absolute Gasteiger partial charge is 0.468 e. The average Bonchev–Trinajstić information content (AvgIpc) is 2.31. The fraction of sp³-hybridized carbons (Fsp3) is 0.643. The lowest BCUT2D eigenvalue weighted by Gasteiger charge is -2.10. The van der Waals surface area contributed by atoms with Crippen LogP contribution in [-0.4, -0.2) is 18.9 Å². The highest BCUT2D eigenvalue weighted by molar-refractivity contribution is 5.97. The summed E-state index contributed by atoms with van der Waals surface area (Å²) in [5.74, 6) is -1.09. The molecule has 1 unspecified atom stereocenters. The fourth-order valence-corrected chi connectivity index (χ4v) is 1.68. The molecule has 0 radical (unpaired) electrons. The van der Waals surface area contributed by atoms with Crippen molar-refractivity contribution in [2.75, 3.05) is 7.11 Å². The number of carbonyl (C=O) groups is 2. The van der Waals surface area contributed by atoms with Gasteiger partial charge in [0, 0.05) is 0 Å². The van der Waals surface area contributed by atoms with Crippen LogP contribution in [0.4, 0.5) is 0 Å². The van der Waals surface area contributed by atoms with Gasteiger partial charge in [-0.3, -0.25) is 9.59 Å². The van der Waals surface area contributed by atoms with Crippen LogP contribution in [0.1, 0.15) is 45.4 Å². The van der Waals surface area contributed by atoms with Gasteiger partial charge in [-0.2, -0.15) is 0 Å². The van der Waals surface area contributed by atoms with Crippen molar-refractivity contribution >= 4 is 11.8 Å². The van der Waals surface area contributed by atoms with Gasteiger partial charge in [0.15, 0.2) is 0 Å². The zero-order valence-corrected chi connectivity index (χ0v) is 10.8. The Morgan fingerprint density at radius 2 is 1.94 bits per heavy atom. The predicted octanol–water partition coefficient (Wildman–Crippen LogP) is 3.05. The van der Waals surface area contributed by atoms with Crippen LogP contribution >= 0.6 is 0 Å². The van der Waals surface area contributed by atoms with Crippen molar-refractivity contribution in [2.45, 2.75) is 45.4 Å². The summed E-state index contributed by atoms with van der Waals surface area (Å²) in [4.78, 5) is 22.5. The molecule has 0 spiro atoms. The SMILES string of the molecule is C=C=CCCCCCCC(C(C)=O)C(=O)OC. The Bertz CT molecular complexity index is 288. The van der Waals surface area contributed by atoms with E-state index in [0.717, 1.165) is 32.1 Å². The third kappa shape index (κ3) is 7.53. The van der Waals surface area contributed by atoms with E-state index in [-0.39, 0.29) is 5.78 Å². The lowest BCUT2D eigenvalue weighted by Crippen LogP contribution is -2.23. The molecule has 0 heterocycles. The number of hydrogen-bond acceptors (Lipinski definition) is 3. The summed E-state index contributed by atoms with van der Waals surface area (Å²) >= 11 is 0. The van der Waals surface area contributed by atoms with E-state index < -0.39 is 11.9 Å². The maximum Gasteiger partial charge on any atom is 0.316 e. The zero-order valence-electron chi connectivity index (χ0n) is 10.8. The molecule has 0 amide bonds. The molecule has 0 saturated carbocycles. The maximum atomic E-state index is 11.3. The summed E-state index contributed by atoms with van der Waals surface area (Å²) in [7, 11) is 1.32. The van der Waals surface area contributed by atoms with Gasteiger partial charge < -0.3 is 4.74 Å². The van der Waals surface area contributed by atoms with Crippen LogP contribution in [0.5, 0.6) is 0 Å². The van der Waals surface area contributed by atoms with E-state index >= 15 is 0 Å². The van der Waals surface area contributed by atoms with Crippen LogP contribution in [0.3, 0.4) is 0 Å². The smallest absolute Gasteiger partial charge is 0.316 e. The van der Waals surface area contributed by atoms with Crippen LogP contribution in [0.2, 0.25) is 0 Å². The molecular formula is C14H22O3. The van der Waals surface area contributed by atoms with Gasteiger partial charge >= 0.3 is 5.97 Å². The highest BCUT2D eigenvalue weighted by Crippen LogP contribution is 2.14. The first-order valence-electron chi connectivity index (χ1n) is 6.06. The topological polar surface area (TPSA) is 43.4 Å². The monoisotopic (exact) mass is 238 g/mol. The third-order valence-corrected chi connectivity index (χ3v) is 2.71. The zero-order chi connectivity index (χ0) is 13.1. The van der Waals surface area contributed by atoms with Crippen molar-refractivity contribution in [1.29, 1.82) is 0 Å². The van der Waals surface area contributed by atoms with Crippen molar-refractivity contribution in [1.82, 2.24) is 0 Å². The van der Waals surface area contributed by atoms with E-state index in [1.165, 1.54) is 14.0 Å². The second kappa shape index (κ2) is 9.86. The van der Waals surface area contributed by atoms with E-state index in [4.69, 9.17) is 0 Å². The van der Waals surface area contributed by atoms with E-state index in [1.807, 2.05) is 6.08 Å². The molecule has 0 aliphatic carbocycles. The first-order chi connectivity index (χ1) is 8.13. The van der Waals surface area contributed by atoms with Crippen molar-refractivity contribution in [3.05, 3.63) is 18.4 Å². The molecule has 0 aliphatic rings. The summed E-state index contributed by atoms with van der Waals surface area (Å²) in [6.07, 6.45) is 7.64. The van der Waals surface area contributed by atoms with Gasteiger partial charge in [-0.25, -0.2) is 0 Å². The number of carbonyl (C=O) groups excluding carboxylic acids is 2. The van der Waals surface area contributed by atoms with Crippen molar-refractivity contribution < 1.29 is 14.3 Å². The summed E-state index contributed by atoms with van der Waals surface area (Å²) in [5, 5.41) is 0. The van der Waals surface area contributed by atoms with Crippen molar-refractivity contribution in [3.63, 3.8) is 0 Å². The van der Waals surface area contributed by atoms with Gasteiger partial charge in [-0.15, -0.1) is 5.73 Å². The van der Waals surface area contributed by atoms with Crippen molar-refractivity contribution in [2.24, 2.45) is 5.92 Å². The lowest BCUT2D eigenvalue weighted by atomic mass is 9.97. The normalized spacial score (nSPS) is 11.4. The number of rotatable bonds is 9. The third-order valence-electron chi connectivity index (χ3n) is 2.71. The molecule has 3 nitrogen and oxygen atoms in total. The van der Waals surface area contributed by atoms with Crippen LogP contribution < -0.4 is 0 Å². The van der Waals surface area contributed by atoms with Crippen LogP contribution in [0.25, 0.3) is 0 Å². The van der Waals surface area contributed by atoms with E-state index in [1.54, 1.807) is 0 Å². The Balaban J connectivity index is 3.72. The Hall–Kier alpha value is -1.34. The minimum absolute atomic E-state index is 0.105. The van der Waals surface area contributed by atoms with Gasteiger partial charge in [0.05, 0.1) is 7.11 Å². The summed E-state index contributed by atoms with van der Waals surface area (Å²) < 4.78 is 4.60. The molecule has 0 aromatic heterocycles. The lowest BCUT2D eigenvalue weighted by molar-refractivity contribution is -0.149. The molecule has 3 heteroatoms. The number of ether oxygens (including phenoxy) is 1. The van der Waals surface area contributed by atoms with Gasteiger partial charge in [0.2, 0.25) is 0 Å². The minimum Gasteiger partial charge on any atom is -0.468 e. The molecule has 0 N–H and O–H groups in total. The second-order valence-electron chi connectivity index (χ2n) is 4.09. The number of methoxy groups -OCH3 is 1. The molecule has 0 aliphatic heterocycles. The van der Waals surface area contributed by atoms with E-state index in [2.05, 4.69) is 17.0 Å². The summed E-state index contributed by atoms with van der Waals surface area (Å²) in [5.41, 5.74) is 2.73. The van der Waals surface area contributed by atoms with E-state index in [0.29, 0.717) is 6.42 Å². The molecule has 96 valence electrons. The molecule has 0 saturated heterocycles. The number of Topliss-reactive ketones (excluding diaryl/α,β-unsaturated/α-hetero) is 1. The quantitative estimate of drug-likeness (QED) is 0.268. The Morgan fingerprint density at radius 3 is 2.47 bits per heavy atom. The summed E-state index contributed by atoms with van der Waals surface area (Å²) in [6, 6.07) is 0. The number of esters is 1. The van der Waals surface area contributed by atoms with Gasteiger partial charge in [0.1, 0.15) is 11.7 Å². The van der Waals surface area contributed by atoms with Crippen LogP contribution in [0, 0.1) is 5.92 Å². The number of hydrogen-bond donors (Lipinski definition) is 0. The number of ketones is 1. The van der Waals surface area contributed by atoms with E-state index in [9.17, 15) is 9.59 Å². The minimum atomic E-state index is -0.576. The Kier molecular flexibility index (Phi) is 9.08. The van der Waals surface area contributed by atoms with Crippen LogP contribution in [-0.2, 0) is 14.3 Å².